The fourth-order valence-corrected chi connectivity index (χ4v) is 7.36. The lowest BCUT2D eigenvalue weighted by Crippen LogP contribution is -2.33. The number of nitrogens with one attached hydrogen (secondary N) is 2. The second-order valence-electron chi connectivity index (χ2n) is 8.15. The Labute approximate surface area is 200 Å². The lowest BCUT2D eigenvalue weighted by molar-refractivity contribution is -0.116. The van der Waals surface area contributed by atoms with Crippen molar-refractivity contribution in [1.29, 1.82) is 0 Å². The van der Waals surface area contributed by atoms with E-state index in [1.807, 2.05) is 0 Å². The zero-order chi connectivity index (χ0) is 24.5. The molecule has 2 amide bonds. The second-order valence-corrected chi connectivity index (χ2v) is 11.5. The van der Waals surface area contributed by atoms with Gasteiger partial charge in [-0.2, -0.15) is 4.31 Å². The molecule has 34 heavy (non-hydrogen) atoms. The molecule has 0 aromatic heterocycles. The van der Waals surface area contributed by atoms with Gasteiger partial charge >= 0.3 is 0 Å². The summed E-state index contributed by atoms with van der Waals surface area (Å²) >= 11 is 1.57. The summed E-state index contributed by atoms with van der Waals surface area (Å²) in [6.45, 7) is 4.17. The minimum atomic E-state index is -3.72. The first-order valence-corrected chi connectivity index (χ1v) is 13.0. The number of hydrogen-bond acceptors (Lipinski definition) is 5. The van der Waals surface area contributed by atoms with Gasteiger partial charge in [-0.3, -0.25) is 9.59 Å². The lowest BCUT2D eigenvalue weighted by atomic mass is 10.1. The number of carbonyl (C=O) groups is 2. The molecule has 2 aromatic carbocycles. The topological polar surface area (TPSA) is 95.6 Å². The van der Waals surface area contributed by atoms with E-state index in [0.717, 1.165) is 12.1 Å². The highest BCUT2D eigenvalue weighted by atomic mass is 32.2. The van der Waals surface area contributed by atoms with Crippen molar-refractivity contribution < 1.29 is 26.8 Å². The first-order valence-electron chi connectivity index (χ1n) is 10.6. The van der Waals surface area contributed by atoms with Crippen LogP contribution in [0.2, 0.25) is 0 Å². The Hall–Kier alpha value is -2.76. The predicted molar refractivity (Wildman–Crippen MR) is 124 cm³/mol. The number of nitrogens with zero attached hydrogens (tertiary/aromatic N) is 1. The molecule has 3 unspecified atom stereocenters. The molecule has 2 aliphatic rings. The molecular formula is C23H23F2N3O4S2. The molecule has 11 heteroatoms. The van der Waals surface area contributed by atoms with Gasteiger partial charge in [-0.25, -0.2) is 17.2 Å². The average molecular weight is 508 g/mol. The Morgan fingerprint density at radius 3 is 2.50 bits per heavy atom. The van der Waals surface area contributed by atoms with E-state index in [1.165, 1.54) is 40.7 Å². The van der Waals surface area contributed by atoms with Crippen LogP contribution < -0.4 is 10.6 Å². The molecule has 4 rings (SSSR count). The van der Waals surface area contributed by atoms with E-state index in [-0.39, 0.29) is 39.5 Å². The monoisotopic (exact) mass is 507 g/mol. The molecular weight excluding hydrogens is 484 g/mol. The quantitative estimate of drug-likeness (QED) is 0.562. The van der Waals surface area contributed by atoms with Crippen LogP contribution in [0, 0.1) is 17.6 Å². The fourth-order valence-electron chi connectivity index (χ4n) is 4.09. The molecule has 0 bridgehead atoms. The summed E-state index contributed by atoms with van der Waals surface area (Å²) in [7, 11) is -3.72. The van der Waals surface area contributed by atoms with Crippen LogP contribution in [0.5, 0.6) is 0 Å². The normalized spacial score (nSPS) is 22.2. The Bertz CT molecular complexity index is 1210. The van der Waals surface area contributed by atoms with Gasteiger partial charge in [-0.05, 0) is 60.4 Å². The number of thioether (sulfide) groups is 1. The molecule has 180 valence electrons. The highest BCUT2D eigenvalue weighted by molar-refractivity contribution is 8.00. The number of halogens is 2. The largest absolute Gasteiger partial charge is 0.348 e. The van der Waals surface area contributed by atoms with Crippen LogP contribution in [0.3, 0.4) is 0 Å². The van der Waals surface area contributed by atoms with Crippen LogP contribution in [-0.4, -0.2) is 48.3 Å². The molecule has 0 aliphatic carbocycles. The maximum atomic E-state index is 13.3. The van der Waals surface area contributed by atoms with E-state index < -0.39 is 27.6 Å². The standard InChI is InChI=1S/C23H23F2N3O4S2/c1-2-21(29)27-22-10-16-12-28(13-20(16)33-22)34(31,32)17-6-4-15(5-7-17)23(30)26-11-14-3-8-18(24)19(25)9-14/h2-9,16,20,22H,1,10-13H2,(H,26,30)(H,27,29). The van der Waals surface area contributed by atoms with Gasteiger partial charge < -0.3 is 10.6 Å². The molecule has 2 aromatic rings. The van der Waals surface area contributed by atoms with E-state index in [2.05, 4.69) is 17.2 Å². The number of hydrogen-bond donors (Lipinski definition) is 2. The highest BCUT2D eigenvalue weighted by Gasteiger charge is 2.45. The fraction of sp³-hybridized carbons (Fsp3) is 0.304. The highest BCUT2D eigenvalue weighted by Crippen LogP contribution is 2.43. The molecule has 0 spiro atoms. The third-order valence-corrected chi connectivity index (χ3v) is 9.25. The minimum absolute atomic E-state index is 0.00144. The summed E-state index contributed by atoms with van der Waals surface area (Å²) in [5.74, 6) is -2.52. The Morgan fingerprint density at radius 2 is 1.85 bits per heavy atom. The SMILES string of the molecule is C=CC(=O)NC1CC2CN(S(=O)(=O)c3ccc(C(=O)NCc4ccc(F)c(F)c4)cc3)CC2S1. The van der Waals surface area contributed by atoms with Gasteiger partial charge in [-0.1, -0.05) is 12.6 Å². The summed E-state index contributed by atoms with van der Waals surface area (Å²) < 4.78 is 53.9. The van der Waals surface area contributed by atoms with Gasteiger partial charge in [0.2, 0.25) is 15.9 Å². The maximum Gasteiger partial charge on any atom is 0.251 e. The number of rotatable bonds is 7. The van der Waals surface area contributed by atoms with Gasteiger partial charge in [0.1, 0.15) is 0 Å². The van der Waals surface area contributed by atoms with Gasteiger partial charge in [0, 0.05) is 30.4 Å². The van der Waals surface area contributed by atoms with Crippen molar-refractivity contribution >= 4 is 33.6 Å². The van der Waals surface area contributed by atoms with Gasteiger partial charge in [0.05, 0.1) is 10.3 Å². The van der Waals surface area contributed by atoms with Crippen LogP contribution in [0.1, 0.15) is 22.3 Å². The van der Waals surface area contributed by atoms with E-state index in [4.69, 9.17) is 0 Å². The molecule has 0 radical (unpaired) electrons. The molecule has 0 saturated carbocycles. The number of amides is 2. The van der Waals surface area contributed by atoms with Crippen LogP contribution in [0.15, 0.2) is 60.0 Å². The smallest absolute Gasteiger partial charge is 0.251 e. The number of sulfonamides is 1. The van der Waals surface area contributed by atoms with E-state index in [9.17, 15) is 26.8 Å². The summed E-state index contributed by atoms with van der Waals surface area (Å²) in [6.07, 6.45) is 1.91. The van der Waals surface area contributed by atoms with Crippen molar-refractivity contribution in [2.24, 2.45) is 5.92 Å². The minimum Gasteiger partial charge on any atom is -0.348 e. The van der Waals surface area contributed by atoms with Gasteiger partial charge in [-0.15, -0.1) is 11.8 Å². The first-order chi connectivity index (χ1) is 16.2. The van der Waals surface area contributed by atoms with Crippen molar-refractivity contribution in [2.75, 3.05) is 13.1 Å². The van der Waals surface area contributed by atoms with Crippen LogP contribution in [0.4, 0.5) is 8.78 Å². The van der Waals surface area contributed by atoms with Crippen LogP contribution in [-0.2, 0) is 21.4 Å². The molecule has 7 nitrogen and oxygen atoms in total. The molecule has 2 N–H and O–H groups in total. The van der Waals surface area contributed by atoms with Crippen molar-refractivity contribution in [3.05, 3.63) is 77.9 Å². The van der Waals surface area contributed by atoms with Crippen molar-refractivity contribution in [3.8, 4) is 0 Å². The van der Waals surface area contributed by atoms with Crippen molar-refractivity contribution in [1.82, 2.24) is 14.9 Å². The molecule has 2 fully saturated rings. The first kappa shape index (κ1) is 24.4. The average Bonchev–Trinajstić information content (AvgIpc) is 3.39. The zero-order valence-corrected chi connectivity index (χ0v) is 19.7. The third-order valence-electron chi connectivity index (χ3n) is 5.88. The van der Waals surface area contributed by atoms with Crippen LogP contribution in [0.25, 0.3) is 0 Å². The molecule has 2 heterocycles. The Kier molecular flexibility index (Phi) is 7.06. The van der Waals surface area contributed by atoms with Crippen LogP contribution >= 0.6 is 11.8 Å². The molecule has 2 saturated heterocycles. The number of fused-ring (bicyclic) bond motifs is 1. The summed E-state index contributed by atoms with van der Waals surface area (Å²) in [6, 6.07) is 8.96. The summed E-state index contributed by atoms with van der Waals surface area (Å²) in [5.41, 5.74) is 0.645. The maximum absolute atomic E-state index is 13.3. The summed E-state index contributed by atoms with van der Waals surface area (Å²) in [4.78, 5) is 24.0. The van der Waals surface area contributed by atoms with Crippen molar-refractivity contribution in [2.45, 2.75) is 28.5 Å². The summed E-state index contributed by atoms with van der Waals surface area (Å²) in [5, 5.41) is 5.50. The number of benzene rings is 2. The predicted octanol–water partition coefficient (Wildman–Crippen LogP) is 2.65. The third kappa shape index (κ3) is 5.16. The van der Waals surface area contributed by atoms with Gasteiger partial charge in [0.25, 0.3) is 5.91 Å². The molecule has 3 atom stereocenters. The van der Waals surface area contributed by atoms with Crippen molar-refractivity contribution in [3.63, 3.8) is 0 Å². The number of carbonyl (C=O) groups excluding carboxylic acids is 2. The zero-order valence-electron chi connectivity index (χ0n) is 18.0. The van der Waals surface area contributed by atoms with E-state index in [0.29, 0.717) is 25.1 Å². The second kappa shape index (κ2) is 9.85. The van der Waals surface area contributed by atoms with E-state index >= 15 is 0 Å². The van der Waals surface area contributed by atoms with Gasteiger partial charge in [0.15, 0.2) is 11.6 Å². The molecule has 2 aliphatic heterocycles. The Morgan fingerprint density at radius 1 is 1.12 bits per heavy atom. The van der Waals surface area contributed by atoms with E-state index in [1.54, 1.807) is 11.8 Å². The Balaban J connectivity index is 1.35. The lowest BCUT2D eigenvalue weighted by Gasteiger charge is -2.19.